The summed E-state index contributed by atoms with van der Waals surface area (Å²) < 4.78 is 80.2. The van der Waals surface area contributed by atoms with Crippen molar-refractivity contribution in [2.45, 2.75) is 6.61 Å². The normalized spacial score (nSPS) is 10.3. The van der Waals surface area contributed by atoms with Crippen LogP contribution in [-0.2, 0) is 16.1 Å². The van der Waals surface area contributed by atoms with Crippen LogP contribution in [0.25, 0.3) is 0 Å². The van der Waals surface area contributed by atoms with Gasteiger partial charge in [-0.25, -0.2) is 26.7 Å². The zero-order valence-corrected chi connectivity index (χ0v) is 8.50. The standard InChI is InChI=1S/C10H4F6O2/c1-3(11)10(17)18-2-4-5(12)7(14)9(16)8(15)6(4)13/h1-2H2. The van der Waals surface area contributed by atoms with Crippen molar-refractivity contribution in [1.29, 1.82) is 0 Å². The van der Waals surface area contributed by atoms with E-state index in [4.69, 9.17) is 0 Å². The number of benzene rings is 1. The van der Waals surface area contributed by atoms with Gasteiger partial charge in [0.15, 0.2) is 23.3 Å². The van der Waals surface area contributed by atoms with Gasteiger partial charge < -0.3 is 4.74 Å². The fraction of sp³-hybridized carbons (Fsp3) is 0.100. The first kappa shape index (κ1) is 14.1. The van der Waals surface area contributed by atoms with Crippen molar-refractivity contribution >= 4 is 5.97 Å². The van der Waals surface area contributed by atoms with Gasteiger partial charge in [-0.2, -0.15) is 4.39 Å². The quantitative estimate of drug-likeness (QED) is 0.277. The van der Waals surface area contributed by atoms with Crippen LogP contribution in [0.5, 0.6) is 0 Å². The first-order valence-electron chi connectivity index (χ1n) is 4.29. The van der Waals surface area contributed by atoms with Crippen LogP contribution in [0.3, 0.4) is 0 Å². The van der Waals surface area contributed by atoms with Gasteiger partial charge in [-0.05, 0) is 0 Å². The number of carbonyl (C=O) groups is 1. The molecule has 0 radical (unpaired) electrons. The molecule has 2 nitrogen and oxygen atoms in total. The van der Waals surface area contributed by atoms with Gasteiger partial charge in [0.25, 0.3) is 0 Å². The lowest BCUT2D eigenvalue weighted by Crippen LogP contribution is -2.11. The predicted octanol–water partition coefficient (Wildman–Crippen LogP) is 2.91. The first-order chi connectivity index (χ1) is 8.27. The van der Waals surface area contributed by atoms with E-state index in [1.807, 2.05) is 0 Å². The summed E-state index contributed by atoms with van der Waals surface area (Å²) in [5, 5.41) is 0. The third-order valence-corrected chi connectivity index (χ3v) is 1.87. The largest absolute Gasteiger partial charge is 0.455 e. The summed E-state index contributed by atoms with van der Waals surface area (Å²) in [6, 6.07) is 0. The lowest BCUT2D eigenvalue weighted by Gasteiger charge is -2.08. The molecule has 0 amide bonds. The Morgan fingerprint density at radius 2 is 1.33 bits per heavy atom. The van der Waals surface area contributed by atoms with Gasteiger partial charge in [-0.1, -0.05) is 6.58 Å². The first-order valence-corrected chi connectivity index (χ1v) is 4.29. The highest BCUT2D eigenvalue weighted by Gasteiger charge is 2.26. The molecular weight excluding hydrogens is 266 g/mol. The molecule has 0 bridgehead atoms. The maximum atomic E-state index is 13.0. The molecular formula is C10H4F6O2. The maximum absolute atomic E-state index is 13.0. The number of rotatable bonds is 3. The van der Waals surface area contributed by atoms with Crippen LogP contribution in [0.2, 0.25) is 0 Å². The Bertz CT molecular complexity index is 497. The SMILES string of the molecule is C=C(F)C(=O)OCc1c(F)c(F)c(F)c(F)c1F. The Hall–Kier alpha value is -1.99. The number of hydrogen-bond donors (Lipinski definition) is 0. The van der Waals surface area contributed by atoms with Crippen molar-refractivity contribution < 1.29 is 35.9 Å². The predicted molar refractivity (Wildman–Crippen MR) is 46.3 cm³/mol. The van der Waals surface area contributed by atoms with Crippen LogP contribution in [-0.4, -0.2) is 5.97 Å². The monoisotopic (exact) mass is 270 g/mol. The van der Waals surface area contributed by atoms with Gasteiger partial charge in [0.2, 0.25) is 11.6 Å². The lowest BCUT2D eigenvalue weighted by atomic mass is 10.2. The minimum Gasteiger partial charge on any atom is -0.455 e. The third-order valence-electron chi connectivity index (χ3n) is 1.87. The fourth-order valence-corrected chi connectivity index (χ4v) is 0.993. The van der Waals surface area contributed by atoms with Crippen molar-refractivity contribution in [2.75, 3.05) is 0 Å². The molecule has 0 unspecified atom stereocenters. The van der Waals surface area contributed by atoms with E-state index in [0.717, 1.165) is 0 Å². The fourth-order valence-electron chi connectivity index (χ4n) is 0.993. The van der Waals surface area contributed by atoms with E-state index in [9.17, 15) is 31.1 Å². The summed E-state index contributed by atoms with van der Waals surface area (Å²) in [5.74, 6) is -14.2. The number of carbonyl (C=O) groups excluding carboxylic acids is 1. The van der Waals surface area contributed by atoms with Crippen LogP contribution in [0.4, 0.5) is 26.3 Å². The number of ether oxygens (including phenoxy) is 1. The molecule has 0 spiro atoms. The Morgan fingerprint density at radius 3 is 1.72 bits per heavy atom. The molecule has 1 rings (SSSR count). The van der Waals surface area contributed by atoms with Crippen LogP contribution in [0.1, 0.15) is 5.56 Å². The minimum absolute atomic E-state index is 1.31. The topological polar surface area (TPSA) is 26.3 Å². The molecule has 0 saturated carbocycles. The molecule has 0 heterocycles. The molecule has 0 aromatic heterocycles. The average Bonchev–Trinajstić information content (AvgIpc) is 2.33. The van der Waals surface area contributed by atoms with E-state index in [2.05, 4.69) is 11.3 Å². The molecule has 0 saturated heterocycles. The molecule has 0 aliphatic rings. The molecule has 1 aromatic carbocycles. The number of halogens is 6. The Balaban J connectivity index is 3.11. The van der Waals surface area contributed by atoms with Gasteiger partial charge in [0.05, 0.1) is 5.56 Å². The van der Waals surface area contributed by atoms with Crippen molar-refractivity contribution in [1.82, 2.24) is 0 Å². The summed E-state index contributed by atoms with van der Waals surface area (Å²) in [5.41, 5.74) is -1.37. The summed E-state index contributed by atoms with van der Waals surface area (Å²) in [4.78, 5) is 10.6. The van der Waals surface area contributed by atoms with Gasteiger partial charge in [0, 0.05) is 0 Å². The van der Waals surface area contributed by atoms with Crippen LogP contribution in [0.15, 0.2) is 12.4 Å². The molecule has 0 atom stereocenters. The summed E-state index contributed by atoms with van der Waals surface area (Å²) in [6.45, 7) is 1.21. The van der Waals surface area contributed by atoms with Crippen LogP contribution in [0, 0.1) is 29.1 Å². The van der Waals surface area contributed by atoms with Crippen LogP contribution >= 0.6 is 0 Å². The second kappa shape index (κ2) is 5.11. The van der Waals surface area contributed by atoms with E-state index in [1.165, 1.54) is 0 Å². The van der Waals surface area contributed by atoms with Gasteiger partial charge in [-0.3, -0.25) is 0 Å². The highest BCUT2D eigenvalue weighted by molar-refractivity contribution is 5.85. The van der Waals surface area contributed by atoms with Crippen molar-refractivity contribution in [3.8, 4) is 0 Å². The highest BCUT2D eigenvalue weighted by Crippen LogP contribution is 2.23. The number of hydrogen-bond acceptors (Lipinski definition) is 2. The third kappa shape index (κ3) is 2.47. The van der Waals surface area contributed by atoms with Crippen molar-refractivity contribution in [3.63, 3.8) is 0 Å². The second-order valence-electron chi connectivity index (χ2n) is 3.03. The summed E-state index contributed by atoms with van der Waals surface area (Å²) in [7, 11) is 0. The van der Waals surface area contributed by atoms with Gasteiger partial charge in [0.1, 0.15) is 6.61 Å². The molecule has 0 N–H and O–H groups in total. The van der Waals surface area contributed by atoms with Gasteiger partial charge >= 0.3 is 5.97 Å². The molecule has 98 valence electrons. The van der Waals surface area contributed by atoms with Gasteiger partial charge in [-0.15, -0.1) is 0 Å². The summed E-state index contributed by atoms with van der Waals surface area (Å²) >= 11 is 0. The molecule has 8 heteroatoms. The maximum Gasteiger partial charge on any atom is 0.366 e. The van der Waals surface area contributed by atoms with E-state index < -0.39 is 53.1 Å². The summed E-state index contributed by atoms with van der Waals surface area (Å²) in [6.07, 6.45) is 0. The zero-order valence-electron chi connectivity index (χ0n) is 8.50. The smallest absolute Gasteiger partial charge is 0.366 e. The minimum atomic E-state index is -2.34. The van der Waals surface area contributed by atoms with Crippen LogP contribution < -0.4 is 0 Å². The molecule has 18 heavy (non-hydrogen) atoms. The zero-order chi connectivity index (χ0) is 14.0. The highest BCUT2D eigenvalue weighted by atomic mass is 19.2. The average molecular weight is 270 g/mol. The lowest BCUT2D eigenvalue weighted by molar-refractivity contribution is -0.142. The molecule has 0 fully saturated rings. The Morgan fingerprint density at radius 1 is 0.944 bits per heavy atom. The number of esters is 1. The molecule has 0 aliphatic carbocycles. The molecule has 1 aromatic rings. The Kier molecular flexibility index (Phi) is 4.00. The Labute approximate surface area is 96.5 Å². The van der Waals surface area contributed by atoms with E-state index in [1.54, 1.807) is 0 Å². The van der Waals surface area contributed by atoms with E-state index in [-0.39, 0.29) is 0 Å². The van der Waals surface area contributed by atoms with Crippen molar-refractivity contribution in [2.24, 2.45) is 0 Å². The van der Waals surface area contributed by atoms with E-state index >= 15 is 0 Å². The van der Waals surface area contributed by atoms with Crippen molar-refractivity contribution in [3.05, 3.63) is 47.1 Å². The second-order valence-corrected chi connectivity index (χ2v) is 3.03. The van der Waals surface area contributed by atoms with E-state index in [0.29, 0.717) is 0 Å². The molecule has 0 aliphatic heterocycles.